The molecule has 1 aliphatic rings. The number of carbonyl (C=O) groups is 1. The number of amides is 1. The van der Waals surface area contributed by atoms with Gasteiger partial charge in [-0.1, -0.05) is 60.7 Å². The van der Waals surface area contributed by atoms with Crippen molar-refractivity contribution in [1.82, 2.24) is 4.90 Å². The fourth-order valence-electron chi connectivity index (χ4n) is 2.44. The largest absolute Gasteiger partial charge is 0.401 e. The number of nitrogens with zero attached hydrogens (tertiary/aromatic N) is 1. The zero-order chi connectivity index (χ0) is 12.5. The van der Waals surface area contributed by atoms with Gasteiger partial charge in [0.05, 0.1) is 12.1 Å². The van der Waals surface area contributed by atoms with Crippen molar-refractivity contribution < 1.29 is 9.18 Å². The lowest BCUT2D eigenvalue weighted by atomic mass is 10.0. The molecular weight excluding hydrogens is 229 g/mol. The van der Waals surface area contributed by atoms with Gasteiger partial charge in [-0.15, -0.1) is 4.39 Å². The number of hydrogen-bond donors (Lipinski definition) is 0. The van der Waals surface area contributed by atoms with Gasteiger partial charge in [0.1, 0.15) is 0 Å². The summed E-state index contributed by atoms with van der Waals surface area (Å²) in [5.74, 6) is 0. The summed E-state index contributed by atoms with van der Waals surface area (Å²) in [6.45, 7) is 0. The Balaban J connectivity index is 1.94. The van der Waals surface area contributed by atoms with E-state index in [4.69, 9.17) is 0 Å². The topological polar surface area (TPSA) is 20.1 Å². The average molecular weight is 241 g/mol. The van der Waals surface area contributed by atoms with Crippen LogP contribution in [0.5, 0.6) is 0 Å². The standard InChI is InChI=1S/C15H12FNO/c16-15(18)17-13(11-7-3-1-4-8-11)14(17)12-9-5-2-6-10-12/h1-10,13-14H. The van der Waals surface area contributed by atoms with Crippen LogP contribution in [0.15, 0.2) is 60.7 Å². The van der Waals surface area contributed by atoms with Crippen LogP contribution in [-0.4, -0.2) is 11.1 Å². The van der Waals surface area contributed by atoms with E-state index in [1.807, 2.05) is 60.7 Å². The van der Waals surface area contributed by atoms with Crippen molar-refractivity contribution in [2.75, 3.05) is 0 Å². The predicted octanol–water partition coefficient (Wildman–Crippen LogP) is 3.87. The van der Waals surface area contributed by atoms with E-state index in [2.05, 4.69) is 0 Å². The van der Waals surface area contributed by atoms with Gasteiger partial charge in [-0.3, -0.25) is 4.90 Å². The lowest BCUT2D eigenvalue weighted by molar-refractivity contribution is 0.203. The molecule has 0 spiro atoms. The highest BCUT2D eigenvalue weighted by Crippen LogP contribution is 2.54. The third kappa shape index (κ3) is 1.78. The maximum atomic E-state index is 13.0. The zero-order valence-electron chi connectivity index (χ0n) is 9.66. The van der Waals surface area contributed by atoms with Crippen LogP contribution in [0.1, 0.15) is 23.2 Å². The fraction of sp³-hybridized carbons (Fsp3) is 0.133. The van der Waals surface area contributed by atoms with E-state index in [1.54, 1.807) is 0 Å². The van der Waals surface area contributed by atoms with Gasteiger partial charge in [-0.05, 0) is 11.1 Å². The molecule has 1 heterocycles. The van der Waals surface area contributed by atoms with Gasteiger partial charge in [0.15, 0.2) is 0 Å². The first-order valence-electron chi connectivity index (χ1n) is 5.87. The van der Waals surface area contributed by atoms with Crippen molar-refractivity contribution in [3.63, 3.8) is 0 Å². The SMILES string of the molecule is O=C(F)N1C(c2ccccc2)C1c1ccccc1. The normalized spacial score (nSPS) is 21.7. The maximum Gasteiger partial charge on any atom is 0.401 e. The summed E-state index contributed by atoms with van der Waals surface area (Å²) in [7, 11) is 0. The van der Waals surface area contributed by atoms with Gasteiger partial charge in [0.25, 0.3) is 0 Å². The summed E-state index contributed by atoms with van der Waals surface area (Å²) >= 11 is 0. The van der Waals surface area contributed by atoms with Crippen LogP contribution in [0.3, 0.4) is 0 Å². The Hall–Kier alpha value is -2.16. The van der Waals surface area contributed by atoms with Crippen molar-refractivity contribution in [3.05, 3.63) is 71.8 Å². The molecular formula is C15H12FNO. The summed E-state index contributed by atoms with van der Waals surface area (Å²) in [5.41, 5.74) is 1.94. The van der Waals surface area contributed by atoms with Crippen LogP contribution in [0.25, 0.3) is 0 Å². The van der Waals surface area contributed by atoms with Crippen molar-refractivity contribution in [1.29, 1.82) is 0 Å². The van der Waals surface area contributed by atoms with Gasteiger partial charge in [-0.25, -0.2) is 4.79 Å². The van der Waals surface area contributed by atoms with Gasteiger partial charge < -0.3 is 0 Å². The Kier molecular flexibility index (Phi) is 2.59. The summed E-state index contributed by atoms with van der Waals surface area (Å²) < 4.78 is 13.0. The van der Waals surface area contributed by atoms with Crippen molar-refractivity contribution in [2.45, 2.75) is 12.1 Å². The highest BCUT2D eigenvalue weighted by atomic mass is 19.1. The highest BCUT2D eigenvalue weighted by molar-refractivity contribution is 5.72. The van der Waals surface area contributed by atoms with E-state index >= 15 is 0 Å². The van der Waals surface area contributed by atoms with Crippen molar-refractivity contribution in [3.8, 4) is 0 Å². The average Bonchev–Trinajstić information content (AvgIpc) is 3.16. The predicted molar refractivity (Wildman–Crippen MR) is 66.7 cm³/mol. The lowest BCUT2D eigenvalue weighted by Gasteiger charge is -1.96. The second kappa shape index (κ2) is 4.26. The number of carbonyl (C=O) groups excluding carboxylic acids is 1. The maximum absolute atomic E-state index is 13.0. The first-order chi connectivity index (χ1) is 8.79. The van der Waals surface area contributed by atoms with Gasteiger partial charge >= 0.3 is 6.16 Å². The quantitative estimate of drug-likeness (QED) is 0.444. The molecule has 2 aromatic carbocycles. The second-order valence-electron chi connectivity index (χ2n) is 4.37. The smallest absolute Gasteiger partial charge is 0.296 e. The molecule has 1 amide bonds. The molecule has 1 saturated heterocycles. The molecule has 2 nitrogen and oxygen atoms in total. The Morgan fingerprint density at radius 3 is 1.56 bits per heavy atom. The molecule has 18 heavy (non-hydrogen) atoms. The van der Waals surface area contributed by atoms with Crippen molar-refractivity contribution >= 4 is 6.16 Å². The van der Waals surface area contributed by atoms with Crippen molar-refractivity contribution in [2.24, 2.45) is 0 Å². The Labute approximate surface area is 105 Å². The fourth-order valence-corrected chi connectivity index (χ4v) is 2.44. The molecule has 0 radical (unpaired) electrons. The molecule has 0 aliphatic carbocycles. The molecule has 2 aromatic rings. The van der Waals surface area contributed by atoms with Gasteiger partial charge in [-0.2, -0.15) is 0 Å². The first kappa shape index (κ1) is 11.0. The summed E-state index contributed by atoms with van der Waals surface area (Å²) in [6, 6.07) is 18.7. The second-order valence-corrected chi connectivity index (χ2v) is 4.37. The van der Waals surface area contributed by atoms with Crippen LogP contribution in [0.2, 0.25) is 0 Å². The Morgan fingerprint density at radius 1 is 0.833 bits per heavy atom. The molecule has 3 rings (SSSR count). The summed E-state index contributed by atoms with van der Waals surface area (Å²) in [5, 5.41) is 0. The number of benzene rings is 2. The highest BCUT2D eigenvalue weighted by Gasteiger charge is 2.52. The van der Waals surface area contributed by atoms with Crippen LogP contribution in [-0.2, 0) is 0 Å². The lowest BCUT2D eigenvalue weighted by Crippen LogP contribution is -2.02. The van der Waals surface area contributed by atoms with E-state index in [0.717, 1.165) is 11.1 Å². The minimum Gasteiger partial charge on any atom is -0.296 e. The molecule has 0 aromatic heterocycles. The number of hydrogen-bond acceptors (Lipinski definition) is 1. The third-order valence-electron chi connectivity index (χ3n) is 3.29. The molecule has 2 unspecified atom stereocenters. The van der Waals surface area contributed by atoms with Crippen LogP contribution in [0.4, 0.5) is 9.18 Å². The number of rotatable bonds is 2. The van der Waals surface area contributed by atoms with E-state index in [0.29, 0.717) is 0 Å². The Bertz CT molecular complexity index is 510. The van der Waals surface area contributed by atoms with E-state index < -0.39 is 6.16 Å². The minimum atomic E-state index is -1.36. The van der Waals surface area contributed by atoms with E-state index in [1.165, 1.54) is 4.90 Å². The molecule has 0 saturated carbocycles. The summed E-state index contributed by atoms with van der Waals surface area (Å²) in [4.78, 5) is 12.3. The third-order valence-corrected chi connectivity index (χ3v) is 3.29. The zero-order valence-corrected chi connectivity index (χ0v) is 9.66. The van der Waals surface area contributed by atoms with Crippen LogP contribution >= 0.6 is 0 Å². The Morgan fingerprint density at radius 2 is 1.22 bits per heavy atom. The summed E-state index contributed by atoms with van der Waals surface area (Å²) in [6.07, 6.45) is -1.36. The van der Waals surface area contributed by atoms with E-state index in [9.17, 15) is 9.18 Å². The number of halogens is 1. The van der Waals surface area contributed by atoms with Crippen LogP contribution < -0.4 is 0 Å². The van der Waals surface area contributed by atoms with E-state index in [-0.39, 0.29) is 12.1 Å². The minimum absolute atomic E-state index is 0.175. The molecule has 0 N–H and O–H groups in total. The molecule has 1 fully saturated rings. The molecule has 3 heteroatoms. The monoisotopic (exact) mass is 241 g/mol. The molecule has 0 bridgehead atoms. The molecule has 90 valence electrons. The molecule has 2 atom stereocenters. The van der Waals surface area contributed by atoms with Gasteiger partial charge in [0, 0.05) is 0 Å². The first-order valence-corrected chi connectivity index (χ1v) is 5.87. The molecule has 1 aliphatic heterocycles. The van der Waals surface area contributed by atoms with Gasteiger partial charge in [0.2, 0.25) is 0 Å². The van der Waals surface area contributed by atoms with Crippen LogP contribution in [0, 0.1) is 0 Å².